The molecular formula is C12H10Br2N2O2S. The van der Waals surface area contributed by atoms with Crippen LogP contribution in [0.4, 0.5) is 11.4 Å². The highest BCUT2D eigenvalue weighted by Gasteiger charge is 2.15. The van der Waals surface area contributed by atoms with Crippen LogP contribution in [-0.4, -0.2) is 8.42 Å². The Bertz CT molecular complexity index is 717. The first-order chi connectivity index (χ1) is 8.88. The van der Waals surface area contributed by atoms with E-state index in [9.17, 15) is 8.42 Å². The first-order valence-electron chi connectivity index (χ1n) is 5.22. The maximum atomic E-state index is 12.2. The lowest BCUT2D eigenvalue weighted by Gasteiger charge is -2.10. The van der Waals surface area contributed by atoms with Crippen molar-refractivity contribution in [2.75, 3.05) is 10.5 Å². The van der Waals surface area contributed by atoms with E-state index in [1.54, 1.807) is 30.3 Å². The molecule has 0 unspecified atom stereocenters. The Kier molecular flexibility index (Phi) is 4.17. The van der Waals surface area contributed by atoms with E-state index in [0.717, 1.165) is 0 Å². The predicted octanol–water partition coefficient (Wildman–Crippen LogP) is 3.59. The van der Waals surface area contributed by atoms with E-state index < -0.39 is 10.0 Å². The second kappa shape index (κ2) is 5.52. The van der Waals surface area contributed by atoms with Crippen molar-refractivity contribution in [1.82, 2.24) is 0 Å². The minimum Gasteiger partial charge on any atom is -0.399 e. The zero-order valence-corrected chi connectivity index (χ0v) is 13.6. The molecule has 100 valence electrons. The fourth-order valence-corrected chi connectivity index (χ4v) is 3.75. The number of halogens is 2. The minimum absolute atomic E-state index is 0.186. The van der Waals surface area contributed by atoms with Crippen LogP contribution in [0.5, 0.6) is 0 Å². The Hall–Kier alpha value is -1.05. The van der Waals surface area contributed by atoms with Gasteiger partial charge >= 0.3 is 0 Å². The van der Waals surface area contributed by atoms with Gasteiger partial charge in [-0.3, -0.25) is 4.72 Å². The highest BCUT2D eigenvalue weighted by molar-refractivity contribution is 9.10. The zero-order chi connectivity index (χ0) is 14.0. The van der Waals surface area contributed by atoms with Gasteiger partial charge in [0.25, 0.3) is 10.0 Å². The van der Waals surface area contributed by atoms with Crippen LogP contribution >= 0.6 is 31.9 Å². The second-order valence-electron chi connectivity index (χ2n) is 3.80. The Morgan fingerprint density at radius 2 is 1.79 bits per heavy atom. The van der Waals surface area contributed by atoms with Crippen LogP contribution in [0.2, 0.25) is 0 Å². The highest BCUT2D eigenvalue weighted by Crippen LogP contribution is 2.27. The third kappa shape index (κ3) is 3.49. The number of hydrogen-bond acceptors (Lipinski definition) is 3. The molecule has 0 aliphatic rings. The van der Waals surface area contributed by atoms with E-state index in [4.69, 9.17) is 5.73 Å². The van der Waals surface area contributed by atoms with Gasteiger partial charge in [-0.15, -0.1) is 0 Å². The van der Waals surface area contributed by atoms with Crippen LogP contribution in [0.1, 0.15) is 0 Å². The molecule has 0 saturated carbocycles. The molecule has 0 spiro atoms. The lowest BCUT2D eigenvalue weighted by atomic mass is 10.3. The molecule has 0 heterocycles. The third-order valence-electron chi connectivity index (χ3n) is 2.34. The summed E-state index contributed by atoms with van der Waals surface area (Å²) in [6, 6.07) is 11.4. The molecule has 0 amide bonds. The summed E-state index contributed by atoms with van der Waals surface area (Å²) in [5.74, 6) is 0. The van der Waals surface area contributed by atoms with E-state index in [2.05, 4.69) is 36.6 Å². The summed E-state index contributed by atoms with van der Waals surface area (Å²) < 4.78 is 28.2. The third-order valence-corrected chi connectivity index (χ3v) is 4.86. The number of sulfonamides is 1. The fraction of sp³-hybridized carbons (Fsp3) is 0. The summed E-state index contributed by atoms with van der Waals surface area (Å²) in [6.07, 6.45) is 0. The topological polar surface area (TPSA) is 72.2 Å². The average molecular weight is 406 g/mol. The Labute approximate surface area is 128 Å². The van der Waals surface area contributed by atoms with Crippen LogP contribution in [0.3, 0.4) is 0 Å². The molecule has 0 radical (unpaired) electrons. The van der Waals surface area contributed by atoms with Crippen molar-refractivity contribution in [1.29, 1.82) is 0 Å². The van der Waals surface area contributed by atoms with Crippen molar-refractivity contribution in [2.45, 2.75) is 4.90 Å². The van der Waals surface area contributed by atoms with Crippen LogP contribution < -0.4 is 10.5 Å². The Morgan fingerprint density at radius 3 is 2.42 bits per heavy atom. The number of nitrogens with one attached hydrogen (secondary N) is 1. The molecule has 0 fully saturated rings. The van der Waals surface area contributed by atoms with Crippen molar-refractivity contribution in [2.24, 2.45) is 0 Å². The summed E-state index contributed by atoms with van der Waals surface area (Å²) >= 11 is 6.52. The SMILES string of the molecule is Nc1ccc(NS(=O)(=O)c2cccc(Br)c2)c(Br)c1. The predicted molar refractivity (Wildman–Crippen MR) is 83.5 cm³/mol. The maximum absolute atomic E-state index is 12.2. The van der Waals surface area contributed by atoms with Gasteiger partial charge in [-0.2, -0.15) is 0 Å². The highest BCUT2D eigenvalue weighted by atomic mass is 79.9. The molecule has 0 aromatic heterocycles. The van der Waals surface area contributed by atoms with E-state index in [1.165, 1.54) is 12.1 Å². The molecule has 7 heteroatoms. The van der Waals surface area contributed by atoms with Gasteiger partial charge in [0.05, 0.1) is 10.6 Å². The molecular weight excluding hydrogens is 396 g/mol. The molecule has 0 aliphatic heterocycles. The zero-order valence-electron chi connectivity index (χ0n) is 9.60. The second-order valence-corrected chi connectivity index (χ2v) is 7.25. The lowest BCUT2D eigenvalue weighted by Crippen LogP contribution is -2.13. The quantitative estimate of drug-likeness (QED) is 0.766. The van der Waals surface area contributed by atoms with Gasteiger partial charge in [0.1, 0.15) is 0 Å². The average Bonchev–Trinajstić information content (AvgIpc) is 2.33. The smallest absolute Gasteiger partial charge is 0.261 e. The Balaban J connectivity index is 2.36. The molecule has 3 N–H and O–H groups in total. The normalized spacial score (nSPS) is 11.3. The lowest BCUT2D eigenvalue weighted by molar-refractivity contribution is 0.601. The van der Waals surface area contributed by atoms with E-state index in [0.29, 0.717) is 20.3 Å². The standard InChI is InChI=1S/C12H10Br2N2O2S/c13-8-2-1-3-10(6-8)19(17,18)16-12-5-4-9(15)7-11(12)14/h1-7,16H,15H2. The number of nitrogens with two attached hydrogens (primary N) is 1. The van der Waals surface area contributed by atoms with E-state index in [-0.39, 0.29) is 4.90 Å². The largest absolute Gasteiger partial charge is 0.399 e. The summed E-state index contributed by atoms with van der Waals surface area (Å²) in [5.41, 5.74) is 6.60. The van der Waals surface area contributed by atoms with Crippen LogP contribution in [0, 0.1) is 0 Å². The monoisotopic (exact) mass is 404 g/mol. The van der Waals surface area contributed by atoms with Gasteiger partial charge in [-0.05, 0) is 52.3 Å². The molecule has 2 aromatic carbocycles. The van der Waals surface area contributed by atoms with Gasteiger partial charge in [0.15, 0.2) is 0 Å². The molecule has 4 nitrogen and oxygen atoms in total. The molecule has 0 bridgehead atoms. The van der Waals surface area contributed by atoms with Crippen molar-refractivity contribution >= 4 is 53.3 Å². The Morgan fingerprint density at radius 1 is 1.05 bits per heavy atom. The van der Waals surface area contributed by atoms with Crippen LogP contribution in [0.15, 0.2) is 56.3 Å². The molecule has 19 heavy (non-hydrogen) atoms. The van der Waals surface area contributed by atoms with Crippen molar-refractivity contribution in [3.8, 4) is 0 Å². The molecule has 2 aromatic rings. The number of anilines is 2. The summed E-state index contributed by atoms with van der Waals surface area (Å²) in [6.45, 7) is 0. The van der Waals surface area contributed by atoms with Gasteiger partial charge < -0.3 is 5.73 Å². The fourth-order valence-electron chi connectivity index (χ4n) is 1.45. The van der Waals surface area contributed by atoms with Gasteiger partial charge in [0.2, 0.25) is 0 Å². The van der Waals surface area contributed by atoms with E-state index in [1.807, 2.05) is 0 Å². The molecule has 0 aliphatic carbocycles. The first-order valence-corrected chi connectivity index (χ1v) is 8.29. The number of hydrogen-bond donors (Lipinski definition) is 2. The van der Waals surface area contributed by atoms with Crippen LogP contribution in [-0.2, 0) is 10.0 Å². The van der Waals surface area contributed by atoms with Crippen molar-refractivity contribution in [3.63, 3.8) is 0 Å². The molecule has 2 rings (SSSR count). The number of nitrogen functional groups attached to an aromatic ring is 1. The first kappa shape index (κ1) is 14.4. The van der Waals surface area contributed by atoms with Gasteiger partial charge in [-0.25, -0.2) is 8.42 Å². The summed E-state index contributed by atoms with van der Waals surface area (Å²) in [4.78, 5) is 0.186. The van der Waals surface area contributed by atoms with Crippen molar-refractivity contribution in [3.05, 3.63) is 51.4 Å². The summed E-state index contributed by atoms with van der Waals surface area (Å²) in [5, 5.41) is 0. The van der Waals surface area contributed by atoms with Crippen molar-refractivity contribution < 1.29 is 8.42 Å². The van der Waals surface area contributed by atoms with Gasteiger partial charge in [0, 0.05) is 14.6 Å². The van der Waals surface area contributed by atoms with Gasteiger partial charge in [-0.1, -0.05) is 22.0 Å². The maximum Gasteiger partial charge on any atom is 0.261 e. The summed E-state index contributed by atoms with van der Waals surface area (Å²) in [7, 11) is -3.62. The number of benzene rings is 2. The molecule has 0 saturated heterocycles. The number of rotatable bonds is 3. The molecule has 0 atom stereocenters. The van der Waals surface area contributed by atoms with Crippen LogP contribution in [0.25, 0.3) is 0 Å². The van der Waals surface area contributed by atoms with E-state index >= 15 is 0 Å². The minimum atomic E-state index is -3.62.